The van der Waals surface area contributed by atoms with Gasteiger partial charge in [-0.2, -0.15) is 0 Å². The number of aliphatic hydroxyl groups excluding tert-OH is 1. The molecule has 0 aliphatic heterocycles. The predicted molar refractivity (Wildman–Crippen MR) is 63.4 cm³/mol. The van der Waals surface area contributed by atoms with Crippen LogP contribution in [0.3, 0.4) is 0 Å². The number of aliphatic hydroxyl groups is 1. The van der Waals surface area contributed by atoms with Crippen LogP contribution in [0.2, 0.25) is 0 Å². The first kappa shape index (κ1) is 10.7. The smallest absolute Gasteiger partial charge is 0.186 e. The van der Waals surface area contributed by atoms with Crippen molar-refractivity contribution in [2.24, 2.45) is 0 Å². The molecule has 2 nitrogen and oxygen atoms in total. The van der Waals surface area contributed by atoms with E-state index in [0.29, 0.717) is 5.75 Å². The third-order valence-electron chi connectivity index (χ3n) is 2.41. The van der Waals surface area contributed by atoms with E-state index < -0.39 is 0 Å². The molecule has 2 heteroatoms. The van der Waals surface area contributed by atoms with E-state index in [1.54, 1.807) is 0 Å². The lowest BCUT2D eigenvalue weighted by Crippen LogP contribution is -1.94. The van der Waals surface area contributed by atoms with Crippen molar-refractivity contribution in [3.63, 3.8) is 0 Å². The Kier molecular flexibility index (Phi) is 3.57. The van der Waals surface area contributed by atoms with E-state index in [2.05, 4.69) is 12.1 Å². The van der Waals surface area contributed by atoms with Gasteiger partial charge < -0.3 is 9.84 Å². The summed E-state index contributed by atoms with van der Waals surface area (Å²) in [5.74, 6) is 0.694. The molecule has 0 spiro atoms. The van der Waals surface area contributed by atoms with Crippen molar-refractivity contribution in [2.45, 2.75) is 6.42 Å². The number of benzene rings is 2. The maximum Gasteiger partial charge on any atom is 0.186 e. The highest BCUT2D eigenvalue weighted by molar-refractivity contribution is 5.31. The molecule has 0 saturated heterocycles. The van der Waals surface area contributed by atoms with Crippen molar-refractivity contribution >= 4 is 0 Å². The average molecular weight is 214 g/mol. The van der Waals surface area contributed by atoms with Gasteiger partial charge in [-0.15, -0.1) is 0 Å². The quantitative estimate of drug-likeness (QED) is 0.793. The summed E-state index contributed by atoms with van der Waals surface area (Å²) in [6.07, 6.45) is 0.917. The zero-order chi connectivity index (χ0) is 11.2. The highest BCUT2D eigenvalue weighted by atomic mass is 16.6. The zero-order valence-electron chi connectivity index (χ0n) is 8.97. The molecule has 0 bridgehead atoms. The van der Waals surface area contributed by atoms with Gasteiger partial charge >= 0.3 is 0 Å². The third kappa shape index (κ3) is 2.84. The standard InChI is InChI=1S/C14H14O2/c15-11-16-14-8-6-13(7-9-14)10-12-4-2-1-3-5-12/h1-9,15H,10-11H2. The van der Waals surface area contributed by atoms with Crippen molar-refractivity contribution in [3.8, 4) is 5.75 Å². The lowest BCUT2D eigenvalue weighted by molar-refractivity contribution is 0.0985. The van der Waals surface area contributed by atoms with Crippen molar-refractivity contribution in [3.05, 3.63) is 65.7 Å². The van der Waals surface area contributed by atoms with Gasteiger partial charge in [0.05, 0.1) is 0 Å². The summed E-state index contributed by atoms with van der Waals surface area (Å²) >= 11 is 0. The molecule has 1 N–H and O–H groups in total. The highest BCUT2D eigenvalue weighted by Crippen LogP contribution is 2.14. The molecule has 0 atom stereocenters. The van der Waals surface area contributed by atoms with Gasteiger partial charge in [-0.1, -0.05) is 42.5 Å². The molecule has 2 rings (SSSR count). The molecule has 82 valence electrons. The number of hydrogen-bond donors (Lipinski definition) is 1. The monoisotopic (exact) mass is 214 g/mol. The van der Waals surface area contributed by atoms with E-state index in [1.807, 2.05) is 42.5 Å². The van der Waals surface area contributed by atoms with Gasteiger partial charge in [-0.25, -0.2) is 0 Å². The summed E-state index contributed by atoms with van der Waals surface area (Å²) in [7, 11) is 0. The number of rotatable bonds is 4. The summed E-state index contributed by atoms with van der Waals surface area (Å²) in [6.45, 7) is -0.280. The van der Waals surface area contributed by atoms with Crippen LogP contribution >= 0.6 is 0 Å². The molecule has 2 aromatic carbocycles. The van der Waals surface area contributed by atoms with Crippen LogP contribution in [-0.4, -0.2) is 11.9 Å². The van der Waals surface area contributed by atoms with E-state index in [1.165, 1.54) is 11.1 Å². The fourth-order valence-electron chi connectivity index (χ4n) is 1.61. The van der Waals surface area contributed by atoms with Crippen molar-refractivity contribution in [1.29, 1.82) is 0 Å². The fourth-order valence-corrected chi connectivity index (χ4v) is 1.61. The molecule has 0 unspecified atom stereocenters. The normalized spacial score (nSPS) is 10.1. The van der Waals surface area contributed by atoms with Gasteiger partial charge in [-0.05, 0) is 29.7 Å². The topological polar surface area (TPSA) is 29.5 Å². The minimum Gasteiger partial charge on any atom is -0.468 e. The van der Waals surface area contributed by atoms with Crippen molar-refractivity contribution in [1.82, 2.24) is 0 Å². The number of ether oxygens (including phenoxy) is 1. The van der Waals surface area contributed by atoms with Gasteiger partial charge in [0.2, 0.25) is 0 Å². The van der Waals surface area contributed by atoms with Crippen LogP contribution in [0, 0.1) is 0 Å². The second-order valence-electron chi connectivity index (χ2n) is 3.58. The van der Waals surface area contributed by atoms with Gasteiger partial charge in [0, 0.05) is 0 Å². The Morgan fingerprint density at radius 3 is 2.06 bits per heavy atom. The van der Waals surface area contributed by atoms with Crippen LogP contribution in [0.25, 0.3) is 0 Å². The van der Waals surface area contributed by atoms with E-state index in [4.69, 9.17) is 9.84 Å². The van der Waals surface area contributed by atoms with Gasteiger partial charge in [0.15, 0.2) is 6.79 Å². The molecule has 16 heavy (non-hydrogen) atoms. The Bertz CT molecular complexity index is 420. The molecule has 0 saturated carbocycles. The summed E-state index contributed by atoms with van der Waals surface area (Å²) < 4.78 is 4.97. The molecular formula is C14H14O2. The van der Waals surface area contributed by atoms with Crippen molar-refractivity contribution < 1.29 is 9.84 Å². The zero-order valence-corrected chi connectivity index (χ0v) is 8.97. The van der Waals surface area contributed by atoms with Crippen LogP contribution in [0.1, 0.15) is 11.1 Å². The lowest BCUT2D eigenvalue weighted by atomic mass is 10.1. The van der Waals surface area contributed by atoms with E-state index in [9.17, 15) is 0 Å². The summed E-state index contributed by atoms with van der Waals surface area (Å²) in [5.41, 5.74) is 2.52. The van der Waals surface area contributed by atoms with Crippen LogP contribution in [0.4, 0.5) is 0 Å². The van der Waals surface area contributed by atoms with Crippen LogP contribution in [0.5, 0.6) is 5.75 Å². The van der Waals surface area contributed by atoms with Crippen LogP contribution in [-0.2, 0) is 6.42 Å². The minimum absolute atomic E-state index is 0.280. The van der Waals surface area contributed by atoms with E-state index >= 15 is 0 Å². The first-order chi connectivity index (χ1) is 7.88. The van der Waals surface area contributed by atoms with Crippen molar-refractivity contribution in [2.75, 3.05) is 6.79 Å². The second kappa shape index (κ2) is 5.33. The Morgan fingerprint density at radius 1 is 0.812 bits per heavy atom. The molecule has 0 aromatic heterocycles. The molecule has 0 radical (unpaired) electrons. The first-order valence-corrected chi connectivity index (χ1v) is 5.25. The Morgan fingerprint density at radius 2 is 1.44 bits per heavy atom. The second-order valence-corrected chi connectivity index (χ2v) is 3.58. The molecule has 0 aliphatic carbocycles. The van der Waals surface area contributed by atoms with Gasteiger partial charge in [0.25, 0.3) is 0 Å². The summed E-state index contributed by atoms with van der Waals surface area (Å²) in [6, 6.07) is 18.1. The average Bonchev–Trinajstić information content (AvgIpc) is 2.33. The first-order valence-electron chi connectivity index (χ1n) is 5.25. The molecule has 0 aliphatic rings. The minimum atomic E-state index is -0.280. The number of hydrogen-bond acceptors (Lipinski definition) is 2. The van der Waals surface area contributed by atoms with Crippen LogP contribution < -0.4 is 4.74 Å². The van der Waals surface area contributed by atoms with E-state index in [0.717, 1.165) is 6.42 Å². The molecule has 0 fully saturated rings. The molecule has 0 heterocycles. The Hall–Kier alpha value is -1.80. The molecular weight excluding hydrogens is 200 g/mol. The largest absolute Gasteiger partial charge is 0.468 e. The summed E-state index contributed by atoms with van der Waals surface area (Å²) in [5, 5.41) is 8.60. The maximum absolute atomic E-state index is 8.60. The van der Waals surface area contributed by atoms with Crippen LogP contribution in [0.15, 0.2) is 54.6 Å². The molecule has 0 amide bonds. The van der Waals surface area contributed by atoms with E-state index in [-0.39, 0.29) is 6.79 Å². The summed E-state index contributed by atoms with van der Waals surface area (Å²) in [4.78, 5) is 0. The third-order valence-corrected chi connectivity index (χ3v) is 2.41. The Labute approximate surface area is 95.1 Å². The lowest BCUT2D eigenvalue weighted by Gasteiger charge is -2.04. The predicted octanol–water partition coefficient (Wildman–Crippen LogP) is 2.61. The van der Waals surface area contributed by atoms with Gasteiger partial charge in [-0.3, -0.25) is 0 Å². The maximum atomic E-state index is 8.60. The Balaban J connectivity index is 2.05. The fraction of sp³-hybridized carbons (Fsp3) is 0.143. The highest BCUT2D eigenvalue weighted by Gasteiger charge is 1.96. The van der Waals surface area contributed by atoms with Gasteiger partial charge in [0.1, 0.15) is 5.75 Å². The SMILES string of the molecule is OCOc1ccc(Cc2ccccc2)cc1. The molecule has 2 aromatic rings.